The number of carbonyl (C=O) groups excluding carboxylic acids is 1. The van der Waals surface area contributed by atoms with Crippen LogP contribution in [0.15, 0.2) is 61.4 Å². The van der Waals surface area contributed by atoms with Gasteiger partial charge in [0.15, 0.2) is 11.3 Å². The van der Waals surface area contributed by atoms with Gasteiger partial charge in [0.25, 0.3) is 12.3 Å². The summed E-state index contributed by atoms with van der Waals surface area (Å²) in [5.74, 6) is 1.03. The first-order valence-corrected chi connectivity index (χ1v) is 22.4. The van der Waals surface area contributed by atoms with Crippen LogP contribution in [0, 0.1) is 11.8 Å². The number of nitrogens with zero attached hydrogens (tertiary/aromatic N) is 11. The molecule has 0 radical (unpaired) electrons. The van der Waals surface area contributed by atoms with E-state index in [4.69, 9.17) is 5.10 Å². The molecule has 5 N–H and O–H groups in total. The van der Waals surface area contributed by atoms with Crippen molar-refractivity contribution >= 4 is 34.0 Å². The standard InChI is InChI=1S/C44H57F2N13O4/c1-2-15-55(19-20-60)38-14-18-57-42(51-38)34(23-48-57)43(62)50-35-27-58(53-40(35)41(45)46)31-8-6-28(7-9-31)24-54-16-12-29(13-17-54)25-56-26-30(21-47-56)32-4-3-5-36-33(32)22-49-59(36)37-10-11-39(61)52-44(37)63/h3-5,14,18,21-23,26-29,31,37,39,41,44,52,60-61,63H,2,6-13,15-17,19-20,24-25H2,1H3,(H,50,62)/t28?,31?,37-,39-,44-/m1/s1. The predicted octanol–water partition coefficient (Wildman–Crippen LogP) is 5.24. The Labute approximate surface area is 363 Å². The SMILES string of the molecule is CCCN(CCO)c1ccn2ncc(C(=O)Nc3cn(C4CCC(CN5CCC(Cn6cc(-c7cccc8c7cnn8[C@@H]7CC[C@@H](O)N[C@@H]7O)cn6)CC5)CC4)nc3C(F)F)c2n1. The molecule has 1 saturated carbocycles. The molecule has 2 aliphatic heterocycles. The highest BCUT2D eigenvalue weighted by molar-refractivity contribution is 6.08. The van der Waals surface area contributed by atoms with Crippen molar-refractivity contribution < 1.29 is 28.9 Å². The van der Waals surface area contributed by atoms with Gasteiger partial charge in [0.2, 0.25) is 0 Å². The van der Waals surface area contributed by atoms with Crippen molar-refractivity contribution in [1.82, 2.24) is 54.2 Å². The van der Waals surface area contributed by atoms with E-state index in [-0.39, 0.29) is 29.9 Å². The zero-order valence-corrected chi connectivity index (χ0v) is 35.6. The molecule has 1 aromatic carbocycles. The Bertz CT molecular complexity index is 2480. The minimum Gasteiger partial charge on any atom is -0.395 e. The number of amides is 1. The van der Waals surface area contributed by atoms with Gasteiger partial charge in [0.05, 0.1) is 48.5 Å². The molecule has 0 spiro atoms. The van der Waals surface area contributed by atoms with E-state index >= 15 is 0 Å². The Kier molecular flexibility index (Phi) is 12.8. The second-order valence-electron chi connectivity index (χ2n) is 17.5. The first kappa shape index (κ1) is 42.9. The molecule has 9 rings (SSSR count). The topological polar surface area (TPSA) is 192 Å². The second-order valence-corrected chi connectivity index (χ2v) is 17.5. The molecule has 1 aliphatic carbocycles. The van der Waals surface area contributed by atoms with Crippen LogP contribution >= 0.6 is 0 Å². The van der Waals surface area contributed by atoms with E-state index in [9.17, 15) is 28.9 Å². The number of piperidine rings is 2. The van der Waals surface area contributed by atoms with E-state index in [2.05, 4.69) is 52.8 Å². The largest absolute Gasteiger partial charge is 0.395 e. The Morgan fingerprint density at radius 1 is 0.937 bits per heavy atom. The summed E-state index contributed by atoms with van der Waals surface area (Å²) < 4.78 is 35.6. The lowest BCUT2D eigenvalue weighted by molar-refractivity contribution is -0.0296. The fourth-order valence-electron chi connectivity index (χ4n) is 9.86. The van der Waals surface area contributed by atoms with Crippen molar-refractivity contribution in [3.05, 3.63) is 72.7 Å². The van der Waals surface area contributed by atoms with E-state index in [0.717, 1.165) is 93.2 Å². The van der Waals surface area contributed by atoms with Crippen molar-refractivity contribution in [3.63, 3.8) is 0 Å². The van der Waals surface area contributed by atoms with Crippen LogP contribution in [0.25, 0.3) is 27.7 Å². The third kappa shape index (κ3) is 9.20. The number of benzene rings is 1. The molecular formula is C44H57F2N13O4. The lowest BCUT2D eigenvalue weighted by Gasteiger charge is -2.36. The van der Waals surface area contributed by atoms with Gasteiger partial charge in [-0.05, 0) is 100 Å². The molecule has 7 heterocycles. The number of likely N-dealkylation sites (tertiary alicyclic amines) is 1. The number of nitrogens with one attached hydrogen (secondary N) is 2. The van der Waals surface area contributed by atoms with Crippen LogP contribution in [-0.2, 0) is 6.54 Å². The fraction of sp³-hybridized carbons (Fsp3) is 0.545. The average molecular weight is 870 g/mol. The quantitative estimate of drug-likeness (QED) is 0.0904. The normalized spacial score (nSPS) is 22.7. The van der Waals surface area contributed by atoms with Gasteiger partial charge in [-0.1, -0.05) is 19.1 Å². The number of halogens is 2. The van der Waals surface area contributed by atoms with E-state index in [1.807, 2.05) is 41.0 Å². The summed E-state index contributed by atoms with van der Waals surface area (Å²) in [5.41, 5.74) is 2.98. The van der Waals surface area contributed by atoms with Gasteiger partial charge in [-0.15, -0.1) is 0 Å². The summed E-state index contributed by atoms with van der Waals surface area (Å²) in [5, 5.41) is 54.4. The summed E-state index contributed by atoms with van der Waals surface area (Å²) in [6.45, 7) is 6.96. The number of alkyl halides is 2. The predicted molar refractivity (Wildman–Crippen MR) is 232 cm³/mol. The fourth-order valence-corrected chi connectivity index (χ4v) is 9.86. The van der Waals surface area contributed by atoms with Gasteiger partial charge in [-0.3, -0.25) is 24.2 Å². The van der Waals surface area contributed by atoms with E-state index in [1.165, 1.54) is 16.9 Å². The minimum atomic E-state index is -2.87. The number of aliphatic hydroxyl groups excluding tert-OH is 3. The van der Waals surface area contributed by atoms with Gasteiger partial charge in [-0.25, -0.2) is 18.3 Å². The van der Waals surface area contributed by atoms with E-state index in [0.29, 0.717) is 49.2 Å². The number of hydrogen-bond acceptors (Lipinski definition) is 12. The molecule has 0 unspecified atom stereocenters. The summed E-state index contributed by atoms with van der Waals surface area (Å²) in [7, 11) is 0. The summed E-state index contributed by atoms with van der Waals surface area (Å²) in [6, 6.07) is 7.57. The molecule has 3 fully saturated rings. The zero-order chi connectivity index (χ0) is 43.6. The van der Waals surface area contributed by atoms with Gasteiger partial charge in [0, 0.05) is 55.7 Å². The second kappa shape index (κ2) is 18.8. The van der Waals surface area contributed by atoms with Gasteiger partial charge < -0.3 is 30.4 Å². The van der Waals surface area contributed by atoms with Crippen LogP contribution in [0.3, 0.4) is 0 Å². The lowest BCUT2D eigenvalue weighted by Crippen LogP contribution is -2.48. The molecule has 3 aliphatic rings. The highest BCUT2D eigenvalue weighted by Crippen LogP contribution is 2.37. The maximum atomic E-state index is 14.3. The Morgan fingerprint density at radius 3 is 2.51 bits per heavy atom. The molecule has 19 heteroatoms. The van der Waals surface area contributed by atoms with Crippen LogP contribution in [-0.4, -0.2) is 122 Å². The van der Waals surface area contributed by atoms with Gasteiger partial charge in [0.1, 0.15) is 23.8 Å². The molecule has 1 amide bonds. The first-order chi connectivity index (χ1) is 30.6. The summed E-state index contributed by atoms with van der Waals surface area (Å²) in [6.07, 6.45) is 13.8. The van der Waals surface area contributed by atoms with Crippen LogP contribution in [0.2, 0.25) is 0 Å². The molecule has 6 aromatic rings. The molecule has 63 heavy (non-hydrogen) atoms. The van der Waals surface area contributed by atoms with E-state index in [1.54, 1.807) is 16.9 Å². The number of rotatable bonds is 15. The summed E-state index contributed by atoms with van der Waals surface area (Å²) in [4.78, 5) is 22.6. The number of aromatic nitrogens is 9. The number of carbonyl (C=O) groups is 1. The third-order valence-corrected chi connectivity index (χ3v) is 13.2. The number of hydrogen-bond donors (Lipinski definition) is 5. The van der Waals surface area contributed by atoms with Crippen LogP contribution in [0.1, 0.15) is 99.3 Å². The molecule has 0 bridgehead atoms. The molecule has 3 atom stereocenters. The Hall–Kier alpha value is -5.34. The molecule has 17 nitrogen and oxygen atoms in total. The van der Waals surface area contributed by atoms with Crippen molar-refractivity contribution in [2.24, 2.45) is 11.8 Å². The maximum absolute atomic E-state index is 14.3. The van der Waals surface area contributed by atoms with Crippen molar-refractivity contribution in [2.75, 3.05) is 49.5 Å². The Morgan fingerprint density at radius 2 is 1.75 bits per heavy atom. The number of aliphatic hydroxyl groups is 3. The van der Waals surface area contributed by atoms with Crippen molar-refractivity contribution in [3.8, 4) is 11.1 Å². The zero-order valence-electron chi connectivity index (χ0n) is 35.6. The Balaban J connectivity index is 0.761. The highest BCUT2D eigenvalue weighted by atomic mass is 19.3. The maximum Gasteiger partial charge on any atom is 0.284 e. The molecule has 336 valence electrons. The molecule has 5 aromatic heterocycles. The molecular weight excluding hydrogens is 813 g/mol. The van der Waals surface area contributed by atoms with Crippen LogP contribution in [0.5, 0.6) is 0 Å². The van der Waals surface area contributed by atoms with Crippen molar-refractivity contribution in [2.45, 2.75) is 102 Å². The van der Waals surface area contributed by atoms with Gasteiger partial charge >= 0.3 is 0 Å². The van der Waals surface area contributed by atoms with Crippen LogP contribution in [0.4, 0.5) is 20.3 Å². The summed E-state index contributed by atoms with van der Waals surface area (Å²) >= 11 is 0. The lowest BCUT2D eigenvalue weighted by atomic mass is 9.85. The number of fused-ring (bicyclic) bond motifs is 2. The average Bonchev–Trinajstić information content (AvgIpc) is 4.11. The van der Waals surface area contributed by atoms with Gasteiger partial charge in [-0.2, -0.15) is 20.4 Å². The number of anilines is 2. The minimum absolute atomic E-state index is 0.0173. The smallest absolute Gasteiger partial charge is 0.284 e. The third-order valence-electron chi connectivity index (χ3n) is 13.2. The van der Waals surface area contributed by atoms with Crippen LogP contribution < -0.4 is 15.5 Å². The monoisotopic (exact) mass is 869 g/mol. The molecule has 2 saturated heterocycles. The van der Waals surface area contributed by atoms with Crippen molar-refractivity contribution in [1.29, 1.82) is 0 Å². The van der Waals surface area contributed by atoms with E-state index < -0.39 is 30.5 Å². The highest BCUT2D eigenvalue weighted by Gasteiger charge is 2.32. The first-order valence-electron chi connectivity index (χ1n) is 22.4.